The van der Waals surface area contributed by atoms with Gasteiger partial charge in [0, 0.05) is 43.0 Å². The monoisotopic (exact) mass is 446 g/mol. The molecule has 1 aliphatic rings. The summed E-state index contributed by atoms with van der Waals surface area (Å²) >= 11 is 5.90. The Morgan fingerprint density at radius 3 is 2.34 bits per heavy atom. The first-order valence-corrected chi connectivity index (χ1v) is 10.6. The second kappa shape index (κ2) is 8.39. The number of benzene rings is 2. The lowest BCUT2D eigenvalue weighted by Gasteiger charge is -2.35. The van der Waals surface area contributed by atoms with Crippen molar-refractivity contribution < 1.29 is 4.79 Å². The molecular weight excluding hydrogens is 428 g/mol. The zero-order chi connectivity index (χ0) is 22.1. The molecule has 2 aromatic heterocycles. The molecular formula is C23H19ClN6O2. The van der Waals surface area contributed by atoms with Crippen LogP contribution in [0.4, 0.5) is 5.82 Å². The zero-order valence-corrected chi connectivity index (χ0v) is 17.8. The average molecular weight is 447 g/mol. The lowest BCUT2D eigenvalue weighted by molar-refractivity contribution is 0.0744. The minimum Gasteiger partial charge on any atom is -0.352 e. The number of anilines is 1. The van der Waals surface area contributed by atoms with Crippen LogP contribution >= 0.6 is 11.6 Å². The van der Waals surface area contributed by atoms with Crippen LogP contribution in [-0.4, -0.2) is 56.9 Å². The summed E-state index contributed by atoms with van der Waals surface area (Å²) in [6.45, 7) is 2.16. The maximum atomic E-state index is 12.9. The number of amides is 1. The zero-order valence-electron chi connectivity index (χ0n) is 17.0. The van der Waals surface area contributed by atoms with Crippen LogP contribution in [-0.2, 0) is 0 Å². The molecule has 1 amide bonds. The topological polar surface area (TPSA) is 95.1 Å². The number of carbonyl (C=O) groups excluding carboxylic acids is 1. The number of piperazine rings is 1. The van der Waals surface area contributed by atoms with E-state index in [0.29, 0.717) is 37.0 Å². The Kier molecular flexibility index (Phi) is 5.28. The van der Waals surface area contributed by atoms with E-state index in [1.807, 2.05) is 24.3 Å². The molecule has 0 unspecified atom stereocenters. The second-order valence-electron chi connectivity index (χ2n) is 7.48. The molecule has 1 N–H and O–H groups in total. The number of aromatic nitrogens is 4. The molecule has 1 aliphatic heterocycles. The van der Waals surface area contributed by atoms with Gasteiger partial charge in [-0.15, -0.1) is 0 Å². The van der Waals surface area contributed by atoms with Crippen LogP contribution in [0.2, 0.25) is 5.02 Å². The predicted molar refractivity (Wildman–Crippen MR) is 123 cm³/mol. The highest BCUT2D eigenvalue weighted by Gasteiger charge is 2.25. The van der Waals surface area contributed by atoms with Crippen LogP contribution in [0.25, 0.3) is 22.4 Å². The van der Waals surface area contributed by atoms with Crippen molar-refractivity contribution in [3.05, 3.63) is 81.9 Å². The van der Waals surface area contributed by atoms with Gasteiger partial charge >= 0.3 is 0 Å². The molecule has 0 bridgehead atoms. The van der Waals surface area contributed by atoms with Gasteiger partial charge in [0.2, 0.25) is 0 Å². The van der Waals surface area contributed by atoms with Crippen molar-refractivity contribution in [3.8, 4) is 11.4 Å². The SMILES string of the molecule is O=C(c1cnc(-c2ccc(Cl)cc2)[nH]c1=O)N1CCN(c2cnc3ccccc3n2)CC1. The Labute approximate surface area is 188 Å². The van der Waals surface area contributed by atoms with Gasteiger partial charge in [0.1, 0.15) is 17.2 Å². The maximum Gasteiger partial charge on any atom is 0.264 e. The fourth-order valence-corrected chi connectivity index (χ4v) is 3.84. The molecule has 2 aromatic carbocycles. The van der Waals surface area contributed by atoms with Gasteiger partial charge in [-0.3, -0.25) is 14.6 Å². The van der Waals surface area contributed by atoms with E-state index in [9.17, 15) is 9.59 Å². The van der Waals surface area contributed by atoms with Crippen LogP contribution in [0.1, 0.15) is 10.4 Å². The molecule has 0 saturated carbocycles. The number of nitrogens with one attached hydrogen (secondary N) is 1. The minimum absolute atomic E-state index is 0.0293. The van der Waals surface area contributed by atoms with Gasteiger partial charge in [0.25, 0.3) is 11.5 Å². The third-order valence-corrected chi connectivity index (χ3v) is 5.73. The van der Waals surface area contributed by atoms with E-state index < -0.39 is 5.56 Å². The van der Waals surface area contributed by atoms with Gasteiger partial charge in [-0.25, -0.2) is 9.97 Å². The van der Waals surface area contributed by atoms with Crippen molar-refractivity contribution in [2.75, 3.05) is 31.1 Å². The van der Waals surface area contributed by atoms with Crippen molar-refractivity contribution in [1.29, 1.82) is 0 Å². The lowest BCUT2D eigenvalue weighted by atomic mass is 10.2. The highest BCUT2D eigenvalue weighted by molar-refractivity contribution is 6.30. The molecule has 8 nitrogen and oxygen atoms in total. The summed E-state index contributed by atoms with van der Waals surface area (Å²) < 4.78 is 0. The van der Waals surface area contributed by atoms with Crippen LogP contribution in [0.5, 0.6) is 0 Å². The molecule has 9 heteroatoms. The summed E-state index contributed by atoms with van der Waals surface area (Å²) in [5.74, 6) is 0.844. The first-order valence-electron chi connectivity index (χ1n) is 10.2. The molecule has 0 radical (unpaired) electrons. The number of hydrogen-bond donors (Lipinski definition) is 1. The number of halogens is 1. The minimum atomic E-state index is -0.460. The summed E-state index contributed by atoms with van der Waals surface area (Å²) in [7, 11) is 0. The van der Waals surface area contributed by atoms with Crippen LogP contribution in [0.3, 0.4) is 0 Å². The molecule has 160 valence electrons. The fraction of sp³-hybridized carbons (Fsp3) is 0.174. The number of aromatic amines is 1. The van der Waals surface area contributed by atoms with Crippen molar-refractivity contribution in [2.24, 2.45) is 0 Å². The summed E-state index contributed by atoms with van der Waals surface area (Å²) in [4.78, 5) is 45.4. The number of fused-ring (bicyclic) bond motifs is 1. The molecule has 5 rings (SSSR count). The van der Waals surface area contributed by atoms with E-state index in [-0.39, 0.29) is 11.5 Å². The van der Waals surface area contributed by atoms with Crippen molar-refractivity contribution in [3.63, 3.8) is 0 Å². The average Bonchev–Trinajstić information content (AvgIpc) is 2.84. The van der Waals surface area contributed by atoms with Gasteiger partial charge in [-0.1, -0.05) is 23.7 Å². The normalized spacial score (nSPS) is 14.0. The van der Waals surface area contributed by atoms with Gasteiger partial charge in [-0.2, -0.15) is 0 Å². The second-order valence-corrected chi connectivity index (χ2v) is 7.91. The van der Waals surface area contributed by atoms with Gasteiger partial charge in [0.05, 0.1) is 17.2 Å². The number of para-hydroxylation sites is 2. The van der Waals surface area contributed by atoms with E-state index >= 15 is 0 Å². The van der Waals surface area contributed by atoms with Crippen LogP contribution in [0, 0.1) is 0 Å². The van der Waals surface area contributed by atoms with Crippen molar-refractivity contribution in [2.45, 2.75) is 0 Å². The highest BCUT2D eigenvalue weighted by Crippen LogP contribution is 2.19. The smallest absolute Gasteiger partial charge is 0.264 e. The van der Waals surface area contributed by atoms with Crippen LogP contribution in [0.15, 0.2) is 65.7 Å². The van der Waals surface area contributed by atoms with Gasteiger partial charge < -0.3 is 14.8 Å². The largest absolute Gasteiger partial charge is 0.352 e. The standard InChI is InChI=1S/C23H19ClN6O2/c24-16-7-5-15(6-8-16)21-26-13-17(22(31)28-21)23(32)30-11-9-29(10-12-30)20-14-25-18-3-1-2-4-19(18)27-20/h1-8,13-14H,9-12H2,(H,26,28,31). The van der Waals surface area contributed by atoms with E-state index in [0.717, 1.165) is 22.4 Å². The van der Waals surface area contributed by atoms with E-state index in [2.05, 4.69) is 24.8 Å². The van der Waals surface area contributed by atoms with Crippen molar-refractivity contribution in [1.82, 2.24) is 24.8 Å². The van der Waals surface area contributed by atoms with E-state index in [4.69, 9.17) is 11.6 Å². The third kappa shape index (κ3) is 3.92. The number of H-pyrrole nitrogens is 1. The Hall–Kier alpha value is -3.78. The first kappa shape index (κ1) is 20.1. The summed E-state index contributed by atoms with van der Waals surface area (Å²) in [5.41, 5.74) is 1.97. The van der Waals surface area contributed by atoms with Gasteiger partial charge in [-0.05, 0) is 36.4 Å². The van der Waals surface area contributed by atoms with Gasteiger partial charge in [0.15, 0.2) is 0 Å². The fourth-order valence-electron chi connectivity index (χ4n) is 3.71. The molecule has 0 spiro atoms. The molecule has 0 aliphatic carbocycles. The Morgan fingerprint density at radius 1 is 0.906 bits per heavy atom. The Bertz CT molecular complexity index is 1350. The summed E-state index contributed by atoms with van der Waals surface area (Å²) in [6.07, 6.45) is 3.09. The maximum absolute atomic E-state index is 12.9. The molecule has 32 heavy (non-hydrogen) atoms. The molecule has 4 aromatic rings. The number of nitrogens with zero attached hydrogens (tertiary/aromatic N) is 5. The van der Waals surface area contributed by atoms with E-state index in [1.54, 1.807) is 35.4 Å². The molecule has 1 fully saturated rings. The number of rotatable bonds is 3. The Morgan fingerprint density at radius 2 is 1.62 bits per heavy atom. The van der Waals surface area contributed by atoms with E-state index in [1.165, 1.54) is 6.20 Å². The quantitative estimate of drug-likeness (QED) is 0.520. The molecule has 0 atom stereocenters. The summed E-state index contributed by atoms with van der Waals surface area (Å²) in [6, 6.07) is 14.7. The first-order chi connectivity index (χ1) is 15.6. The van der Waals surface area contributed by atoms with Crippen molar-refractivity contribution >= 4 is 34.4 Å². The Balaban J connectivity index is 1.28. The molecule has 1 saturated heterocycles. The summed E-state index contributed by atoms with van der Waals surface area (Å²) in [5, 5.41) is 0.594. The third-order valence-electron chi connectivity index (χ3n) is 5.47. The molecule has 3 heterocycles. The predicted octanol–water partition coefficient (Wildman–Crippen LogP) is 3.00. The number of hydrogen-bond acceptors (Lipinski definition) is 6. The van der Waals surface area contributed by atoms with Crippen LogP contribution < -0.4 is 10.5 Å². The highest BCUT2D eigenvalue weighted by atomic mass is 35.5. The lowest BCUT2D eigenvalue weighted by Crippen LogP contribution is -2.50. The number of carbonyl (C=O) groups is 1.